The molecule has 0 aliphatic rings. The first-order valence-electron chi connectivity index (χ1n) is 5.09. The number of benzene rings is 1. The van der Waals surface area contributed by atoms with Crippen molar-refractivity contribution in [2.45, 2.75) is 18.0 Å². The number of thiazole rings is 1. The van der Waals surface area contributed by atoms with Gasteiger partial charge in [0.25, 0.3) is 0 Å². The van der Waals surface area contributed by atoms with Gasteiger partial charge >= 0.3 is 0 Å². The van der Waals surface area contributed by atoms with E-state index in [1.54, 1.807) is 23.1 Å². The summed E-state index contributed by atoms with van der Waals surface area (Å²) < 4.78 is 0. The van der Waals surface area contributed by atoms with Crippen LogP contribution in [0.15, 0.2) is 40.9 Å². The van der Waals surface area contributed by atoms with Gasteiger partial charge in [-0.3, -0.25) is 4.98 Å². The van der Waals surface area contributed by atoms with Crippen molar-refractivity contribution in [3.8, 4) is 0 Å². The zero-order chi connectivity index (χ0) is 11.2. The lowest BCUT2D eigenvalue weighted by Gasteiger charge is -2.04. The van der Waals surface area contributed by atoms with Gasteiger partial charge in [0.15, 0.2) is 0 Å². The maximum Gasteiger partial charge on any atom is 0.0794 e. The highest BCUT2D eigenvalue weighted by atomic mass is 32.2. The number of thioether (sulfide) groups is 1. The van der Waals surface area contributed by atoms with Crippen LogP contribution in [-0.4, -0.2) is 11.2 Å². The summed E-state index contributed by atoms with van der Waals surface area (Å²) in [5, 5.41) is 3.41. The third-order valence-electron chi connectivity index (χ3n) is 2.27. The summed E-state index contributed by atoms with van der Waals surface area (Å²) in [4.78, 5) is 6.64. The molecule has 0 saturated carbocycles. The molecule has 0 aliphatic carbocycles. The zero-order valence-electron chi connectivity index (χ0n) is 9.14. The topological polar surface area (TPSA) is 24.9 Å². The number of rotatable bonds is 5. The van der Waals surface area contributed by atoms with Crippen LogP contribution in [0, 0.1) is 0 Å². The van der Waals surface area contributed by atoms with Gasteiger partial charge in [-0.2, -0.15) is 0 Å². The average Bonchev–Trinajstić information content (AvgIpc) is 2.83. The Morgan fingerprint density at radius 1 is 1.25 bits per heavy atom. The number of nitrogens with one attached hydrogen (secondary N) is 1. The molecule has 0 fully saturated rings. The molecule has 0 atom stereocenters. The van der Waals surface area contributed by atoms with Gasteiger partial charge in [-0.15, -0.1) is 23.1 Å². The molecule has 84 valence electrons. The maximum atomic E-state index is 4.05. The number of nitrogens with zero attached hydrogens (tertiary/aromatic N) is 1. The van der Waals surface area contributed by atoms with E-state index < -0.39 is 0 Å². The first kappa shape index (κ1) is 11.6. The Morgan fingerprint density at radius 2 is 2.06 bits per heavy atom. The van der Waals surface area contributed by atoms with E-state index in [1.807, 2.05) is 11.7 Å². The first-order chi connectivity index (χ1) is 7.88. The molecule has 0 aliphatic heterocycles. The molecule has 0 amide bonds. The van der Waals surface area contributed by atoms with E-state index >= 15 is 0 Å². The summed E-state index contributed by atoms with van der Waals surface area (Å²) in [6.45, 7) is 1.81. The molecule has 1 aromatic heterocycles. The fourth-order valence-corrected chi connectivity index (χ4v) is 2.38. The predicted octanol–water partition coefficient (Wildman–Crippen LogP) is 3.15. The van der Waals surface area contributed by atoms with Gasteiger partial charge in [-0.1, -0.05) is 12.1 Å². The van der Waals surface area contributed by atoms with Crippen LogP contribution in [0.4, 0.5) is 0 Å². The van der Waals surface area contributed by atoms with E-state index in [9.17, 15) is 0 Å². The second-order valence-electron chi connectivity index (χ2n) is 3.42. The van der Waals surface area contributed by atoms with E-state index in [-0.39, 0.29) is 0 Å². The summed E-state index contributed by atoms with van der Waals surface area (Å²) >= 11 is 3.46. The minimum atomic E-state index is 0.898. The molecular formula is C12H14N2S2. The van der Waals surface area contributed by atoms with E-state index in [0.717, 1.165) is 13.1 Å². The van der Waals surface area contributed by atoms with Crippen molar-refractivity contribution in [2.24, 2.45) is 0 Å². The molecule has 4 heteroatoms. The molecule has 2 rings (SSSR count). The van der Waals surface area contributed by atoms with Crippen LogP contribution in [-0.2, 0) is 13.1 Å². The van der Waals surface area contributed by atoms with Crippen molar-refractivity contribution in [3.63, 3.8) is 0 Å². The van der Waals surface area contributed by atoms with Gasteiger partial charge in [-0.05, 0) is 24.0 Å². The van der Waals surface area contributed by atoms with E-state index in [0.29, 0.717) is 0 Å². The Kier molecular flexibility index (Phi) is 4.39. The van der Waals surface area contributed by atoms with E-state index in [2.05, 4.69) is 40.8 Å². The predicted molar refractivity (Wildman–Crippen MR) is 70.9 cm³/mol. The van der Waals surface area contributed by atoms with Crippen molar-refractivity contribution >= 4 is 23.1 Å². The zero-order valence-corrected chi connectivity index (χ0v) is 10.8. The van der Waals surface area contributed by atoms with Crippen molar-refractivity contribution in [1.29, 1.82) is 0 Å². The van der Waals surface area contributed by atoms with E-state index in [4.69, 9.17) is 0 Å². The molecule has 2 aromatic rings. The van der Waals surface area contributed by atoms with Gasteiger partial charge in [0.05, 0.1) is 5.51 Å². The maximum absolute atomic E-state index is 4.05. The van der Waals surface area contributed by atoms with Crippen LogP contribution in [0.25, 0.3) is 0 Å². The minimum Gasteiger partial charge on any atom is -0.308 e. The molecule has 0 saturated heterocycles. The Labute approximate surface area is 104 Å². The van der Waals surface area contributed by atoms with Gasteiger partial charge in [-0.25, -0.2) is 0 Å². The SMILES string of the molecule is CSc1ccc(CNCc2cncs2)cc1. The van der Waals surface area contributed by atoms with E-state index in [1.165, 1.54) is 15.3 Å². The van der Waals surface area contributed by atoms with Gasteiger partial charge in [0.1, 0.15) is 0 Å². The first-order valence-corrected chi connectivity index (χ1v) is 7.20. The summed E-state index contributed by atoms with van der Waals surface area (Å²) in [7, 11) is 0. The highest BCUT2D eigenvalue weighted by Crippen LogP contribution is 2.14. The average molecular weight is 250 g/mol. The summed E-state index contributed by atoms with van der Waals surface area (Å²) in [6.07, 6.45) is 4.01. The monoisotopic (exact) mass is 250 g/mol. The van der Waals surface area contributed by atoms with Crippen molar-refractivity contribution in [2.75, 3.05) is 6.26 Å². The quantitative estimate of drug-likeness (QED) is 0.825. The molecule has 0 spiro atoms. The fourth-order valence-electron chi connectivity index (χ4n) is 1.40. The largest absolute Gasteiger partial charge is 0.308 e. The van der Waals surface area contributed by atoms with Gasteiger partial charge in [0.2, 0.25) is 0 Å². The third-order valence-corrected chi connectivity index (χ3v) is 3.79. The van der Waals surface area contributed by atoms with Crippen LogP contribution in [0.2, 0.25) is 0 Å². The third kappa shape index (κ3) is 3.33. The molecule has 1 heterocycles. The van der Waals surface area contributed by atoms with Gasteiger partial charge in [0, 0.05) is 29.1 Å². The normalized spacial score (nSPS) is 10.6. The molecule has 0 unspecified atom stereocenters. The summed E-state index contributed by atoms with van der Waals surface area (Å²) in [5.74, 6) is 0. The Morgan fingerprint density at radius 3 is 2.69 bits per heavy atom. The van der Waals surface area contributed by atoms with Crippen LogP contribution in [0.1, 0.15) is 10.4 Å². The van der Waals surface area contributed by atoms with Crippen molar-refractivity contribution in [1.82, 2.24) is 10.3 Å². The smallest absolute Gasteiger partial charge is 0.0794 e. The second kappa shape index (κ2) is 6.03. The van der Waals surface area contributed by atoms with Crippen LogP contribution >= 0.6 is 23.1 Å². The summed E-state index contributed by atoms with van der Waals surface area (Å²) in [6, 6.07) is 8.67. The molecule has 0 bridgehead atoms. The fraction of sp³-hybridized carbons (Fsp3) is 0.250. The Hall–Kier alpha value is -0.840. The molecule has 2 nitrogen and oxygen atoms in total. The lowest BCUT2D eigenvalue weighted by Crippen LogP contribution is -2.11. The molecule has 1 N–H and O–H groups in total. The number of aromatic nitrogens is 1. The standard InChI is InChI=1S/C12H14N2S2/c1-15-11-4-2-10(3-5-11)6-13-7-12-8-14-9-16-12/h2-5,8-9,13H,6-7H2,1H3. The lowest BCUT2D eigenvalue weighted by atomic mass is 10.2. The van der Waals surface area contributed by atoms with Crippen molar-refractivity contribution in [3.05, 3.63) is 46.4 Å². The molecule has 0 radical (unpaired) electrons. The number of hydrogen-bond acceptors (Lipinski definition) is 4. The highest BCUT2D eigenvalue weighted by molar-refractivity contribution is 7.98. The van der Waals surface area contributed by atoms with Crippen LogP contribution in [0.3, 0.4) is 0 Å². The molecular weight excluding hydrogens is 236 g/mol. The molecule has 16 heavy (non-hydrogen) atoms. The highest BCUT2D eigenvalue weighted by Gasteiger charge is 1.96. The van der Waals surface area contributed by atoms with Crippen molar-refractivity contribution < 1.29 is 0 Å². The Balaban J connectivity index is 1.81. The lowest BCUT2D eigenvalue weighted by molar-refractivity contribution is 0.699. The summed E-state index contributed by atoms with van der Waals surface area (Å²) in [5.41, 5.74) is 3.19. The Bertz CT molecular complexity index is 409. The molecule has 1 aromatic carbocycles. The minimum absolute atomic E-state index is 0.898. The second-order valence-corrected chi connectivity index (χ2v) is 5.27. The van der Waals surface area contributed by atoms with Crippen LogP contribution < -0.4 is 5.32 Å². The van der Waals surface area contributed by atoms with Crippen LogP contribution in [0.5, 0.6) is 0 Å². The van der Waals surface area contributed by atoms with Gasteiger partial charge < -0.3 is 5.32 Å². The number of hydrogen-bond donors (Lipinski definition) is 1.